The van der Waals surface area contributed by atoms with Crippen LogP contribution in [0.5, 0.6) is 0 Å². The van der Waals surface area contributed by atoms with Gasteiger partial charge in [0.25, 0.3) is 0 Å². The zero-order chi connectivity index (χ0) is 24.3. The molecule has 0 amide bonds. The van der Waals surface area contributed by atoms with Gasteiger partial charge in [-0.2, -0.15) is 0 Å². The summed E-state index contributed by atoms with van der Waals surface area (Å²) in [5.41, 5.74) is 8.42. The van der Waals surface area contributed by atoms with Gasteiger partial charge in [0, 0.05) is 63.2 Å². The molecule has 5 rings (SSSR count). The fourth-order valence-corrected chi connectivity index (χ4v) is 5.66. The van der Waals surface area contributed by atoms with Gasteiger partial charge in [-0.25, -0.2) is 4.98 Å². The third-order valence-electron chi connectivity index (χ3n) is 8.09. The summed E-state index contributed by atoms with van der Waals surface area (Å²) in [5, 5.41) is 0. The van der Waals surface area contributed by atoms with Crippen molar-refractivity contribution in [3.05, 3.63) is 78.2 Å². The molecule has 2 aliphatic heterocycles. The number of nitrogen functional groups attached to an aromatic ring is 1. The topological polar surface area (TPSA) is 57.9 Å². The van der Waals surface area contributed by atoms with Gasteiger partial charge >= 0.3 is 0 Å². The normalized spacial score (nSPS) is 26.5. The fraction of sp³-hybridized carbons (Fsp3) is 0.483. The van der Waals surface area contributed by atoms with Crippen molar-refractivity contribution in [1.82, 2.24) is 14.8 Å². The van der Waals surface area contributed by atoms with Crippen LogP contribution in [0.4, 0.5) is 11.5 Å². The number of rotatable bonds is 6. The minimum atomic E-state index is 0.0331. The molecule has 35 heavy (non-hydrogen) atoms. The number of nitrogens with two attached hydrogens (primary N) is 1. The van der Waals surface area contributed by atoms with Crippen LogP contribution in [0.3, 0.4) is 0 Å². The van der Waals surface area contributed by atoms with E-state index in [4.69, 9.17) is 10.5 Å². The Bertz CT molecular complexity index is 1040. The van der Waals surface area contributed by atoms with Crippen LogP contribution in [-0.2, 0) is 11.3 Å². The van der Waals surface area contributed by atoms with E-state index in [1.54, 1.807) is 6.20 Å². The Morgan fingerprint density at radius 2 is 1.77 bits per heavy atom. The van der Waals surface area contributed by atoms with E-state index in [0.29, 0.717) is 11.7 Å². The molecular weight excluding hydrogens is 434 g/mol. The second kappa shape index (κ2) is 10.4. The van der Waals surface area contributed by atoms with Crippen molar-refractivity contribution >= 4 is 11.5 Å². The molecule has 1 aromatic heterocycles. The van der Waals surface area contributed by atoms with Crippen molar-refractivity contribution in [3.8, 4) is 0 Å². The predicted molar refractivity (Wildman–Crippen MR) is 143 cm³/mol. The van der Waals surface area contributed by atoms with Crippen molar-refractivity contribution in [2.45, 2.75) is 44.9 Å². The van der Waals surface area contributed by atoms with E-state index < -0.39 is 0 Å². The monoisotopic (exact) mass is 473 g/mol. The molecule has 2 aromatic rings. The van der Waals surface area contributed by atoms with Crippen LogP contribution in [0, 0.1) is 5.92 Å². The molecule has 3 aliphatic rings. The molecule has 6 nitrogen and oxygen atoms in total. The van der Waals surface area contributed by atoms with E-state index in [1.165, 1.54) is 11.3 Å². The summed E-state index contributed by atoms with van der Waals surface area (Å²) in [6.45, 7) is 12.0. The van der Waals surface area contributed by atoms with Crippen LogP contribution in [0.25, 0.3) is 0 Å². The molecule has 1 aromatic carbocycles. The van der Waals surface area contributed by atoms with Crippen LogP contribution in [0.2, 0.25) is 0 Å². The number of nitrogens with zero attached hydrogens (tertiary/aromatic N) is 4. The summed E-state index contributed by atoms with van der Waals surface area (Å²) in [6.07, 6.45) is 11.1. The fourth-order valence-electron chi connectivity index (χ4n) is 5.66. The standard InChI is InChI=1S/C29H39N5O/c1-23-20-27(35-26-10-14-32(15-11-26)22-24-9-13-31-28(30)21-24)8-12-29(23,2)34-18-16-33(17-19-34)25-6-4-3-5-7-25/h3-9,12-13,20-21,23,26H,10-11,14-19,22H2,1-2H3,(H2,30,31). The lowest BCUT2D eigenvalue weighted by Gasteiger charge is -2.48. The van der Waals surface area contributed by atoms with Gasteiger partial charge in [-0.05, 0) is 67.7 Å². The second-order valence-corrected chi connectivity index (χ2v) is 10.4. The highest BCUT2D eigenvalue weighted by Gasteiger charge is 2.38. The molecule has 0 saturated carbocycles. The summed E-state index contributed by atoms with van der Waals surface area (Å²) in [6, 6.07) is 14.8. The number of piperidine rings is 1. The molecule has 2 unspecified atom stereocenters. The SMILES string of the molecule is CC1C=C(OC2CCN(Cc3ccnc(N)c3)CC2)C=CC1(C)N1CCN(c2ccccc2)CC1. The average Bonchev–Trinajstić information content (AvgIpc) is 2.88. The van der Waals surface area contributed by atoms with Gasteiger partial charge in [0.2, 0.25) is 0 Å². The molecule has 2 saturated heterocycles. The van der Waals surface area contributed by atoms with Gasteiger partial charge in [-0.15, -0.1) is 0 Å². The number of para-hydroxylation sites is 1. The first kappa shape index (κ1) is 23.9. The summed E-state index contributed by atoms with van der Waals surface area (Å²) >= 11 is 0. The second-order valence-electron chi connectivity index (χ2n) is 10.4. The van der Waals surface area contributed by atoms with Crippen molar-refractivity contribution in [1.29, 1.82) is 0 Å². The molecule has 6 heteroatoms. The number of benzene rings is 1. The van der Waals surface area contributed by atoms with Gasteiger partial charge in [0.1, 0.15) is 17.7 Å². The molecule has 3 heterocycles. The van der Waals surface area contributed by atoms with E-state index in [2.05, 4.69) is 88.2 Å². The number of hydrogen-bond acceptors (Lipinski definition) is 6. The Morgan fingerprint density at radius 3 is 2.46 bits per heavy atom. The summed E-state index contributed by atoms with van der Waals surface area (Å²) in [5.74, 6) is 2.04. The molecule has 2 N–H and O–H groups in total. The maximum absolute atomic E-state index is 6.47. The molecular formula is C29H39N5O. The number of likely N-dealkylation sites (tertiary alicyclic amines) is 1. The van der Waals surface area contributed by atoms with Crippen molar-refractivity contribution in [3.63, 3.8) is 0 Å². The zero-order valence-corrected chi connectivity index (χ0v) is 21.1. The van der Waals surface area contributed by atoms with Gasteiger partial charge in [0.15, 0.2) is 0 Å². The number of anilines is 2. The Labute approximate surface area is 210 Å². The highest BCUT2D eigenvalue weighted by molar-refractivity contribution is 5.46. The van der Waals surface area contributed by atoms with Crippen molar-refractivity contribution in [2.24, 2.45) is 5.92 Å². The van der Waals surface area contributed by atoms with Crippen LogP contribution in [-0.4, -0.2) is 65.7 Å². The van der Waals surface area contributed by atoms with E-state index in [0.717, 1.165) is 64.4 Å². The quantitative estimate of drug-likeness (QED) is 0.675. The number of hydrogen-bond donors (Lipinski definition) is 1. The number of aromatic nitrogens is 1. The van der Waals surface area contributed by atoms with Crippen molar-refractivity contribution < 1.29 is 4.74 Å². The van der Waals surface area contributed by atoms with E-state index in [1.807, 2.05) is 6.07 Å². The van der Waals surface area contributed by atoms with Crippen molar-refractivity contribution in [2.75, 3.05) is 49.9 Å². The molecule has 0 bridgehead atoms. The van der Waals surface area contributed by atoms with Gasteiger partial charge in [0.05, 0.1) is 0 Å². The minimum absolute atomic E-state index is 0.0331. The van der Waals surface area contributed by atoms with Gasteiger partial charge in [-0.1, -0.05) is 31.2 Å². The van der Waals surface area contributed by atoms with Gasteiger partial charge in [-0.3, -0.25) is 9.80 Å². The first-order valence-electron chi connectivity index (χ1n) is 13.0. The van der Waals surface area contributed by atoms with Gasteiger partial charge < -0.3 is 15.4 Å². The smallest absolute Gasteiger partial charge is 0.123 e. The molecule has 186 valence electrons. The lowest BCUT2D eigenvalue weighted by Crippen LogP contribution is -2.58. The first-order valence-corrected chi connectivity index (χ1v) is 13.0. The van der Waals surface area contributed by atoms with Crippen LogP contribution in [0.1, 0.15) is 32.3 Å². The minimum Gasteiger partial charge on any atom is -0.491 e. The Kier molecular flexibility index (Phi) is 7.12. The number of pyridine rings is 1. The van der Waals surface area contributed by atoms with E-state index in [-0.39, 0.29) is 11.6 Å². The third kappa shape index (κ3) is 5.54. The number of piperazine rings is 1. The molecule has 1 aliphatic carbocycles. The zero-order valence-electron chi connectivity index (χ0n) is 21.1. The highest BCUT2D eigenvalue weighted by atomic mass is 16.5. The number of ether oxygens (including phenoxy) is 1. The van der Waals surface area contributed by atoms with Crippen LogP contribution >= 0.6 is 0 Å². The Morgan fingerprint density at radius 1 is 1.03 bits per heavy atom. The Hall–Kier alpha value is -2.83. The molecule has 0 spiro atoms. The molecule has 2 fully saturated rings. The maximum atomic E-state index is 6.47. The third-order valence-corrected chi connectivity index (χ3v) is 8.09. The van der Waals surface area contributed by atoms with E-state index in [9.17, 15) is 0 Å². The van der Waals surface area contributed by atoms with E-state index >= 15 is 0 Å². The summed E-state index contributed by atoms with van der Waals surface area (Å²) < 4.78 is 6.47. The summed E-state index contributed by atoms with van der Waals surface area (Å²) in [4.78, 5) is 11.7. The van der Waals surface area contributed by atoms with Crippen LogP contribution in [0.15, 0.2) is 72.6 Å². The maximum Gasteiger partial charge on any atom is 0.123 e. The Balaban J connectivity index is 1.11. The molecule has 0 radical (unpaired) electrons. The number of allylic oxidation sites excluding steroid dienone is 1. The first-order chi connectivity index (χ1) is 17.0. The lowest BCUT2D eigenvalue weighted by atomic mass is 9.81. The predicted octanol–water partition coefficient (Wildman–Crippen LogP) is 4.32. The lowest BCUT2D eigenvalue weighted by molar-refractivity contribution is 0.0468. The summed E-state index contributed by atoms with van der Waals surface area (Å²) in [7, 11) is 0. The molecule has 2 atom stereocenters. The average molecular weight is 474 g/mol. The van der Waals surface area contributed by atoms with Crippen LogP contribution < -0.4 is 10.6 Å². The highest BCUT2D eigenvalue weighted by Crippen LogP contribution is 2.35. The largest absolute Gasteiger partial charge is 0.491 e.